The molecule has 0 saturated heterocycles. The van der Waals surface area contributed by atoms with Gasteiger partial charge in [-0.3, -0.25) is 0 Å². The molecular formula is C50H32N4. The Morgan fingerprint density at radius 1 is 0.315 bits per heavy atom. The van der Waals surface area contributed by atoms with Crippen LogP contribution < -0.4 is 0 Å². The lowest BCUT2D eigenvalue weighted by molar-refractivity contribution is 1.16. The number of para-hydroxylation sites is 4. The van der Waals surface area contributed by atoms with Gasteiger partial charge in [-0.25, -0.2) is 9.97 Å². The molecule has 4 heteroatoms. The van der Waals surface area contributed by atoms with Gasteiger partial charge in [-0.2, -0.15) is 0 Å². The number of aromatic nitrogens is 4. The molecule has 0 aliphatic rings. The molecule has 0 unspecified atom stereocenters. The number of benzene rings is 8. The summed E-state index contributed by atoms with van der Waals surface area (Å²) >= 11 is 0. The maximum atomic E-state index is 5.28. The van der Waals surface area contributed by atoms with Crippen LogP contribution >= 0.6 is 0 Å². The van der Waals surface area contributed by atoms with Crippen LogP contribution in [0.4, 0.5) is 0 Å². The van der Waals surface area contributed by atoms with Crippen LogP contribution in [0.5, 0.6) is 0 Å². The van der Waals surface area contributed by atoms with Crippen LogP contribution in [-0.2, 0) is 0 Å². The molecule has 11 rings (SSSR count). The van der Waals surface area contributed by atoms with Gasteiger partial charge in [0.15, 0.2) is 5.82 Å². The fourth-order valence-corrected chi connectivity index (χ4v) is 8.31. The minimum absolute atomic E-state index is 0.705. The zero-order chi connectivity index (χ0) is 35.6. The van der Waals surface area contributed by atoms with Gasteiger partial charge in [0.2, 0.25) is 0 Å². The van der Waals surface area contributed by atoms with Gasteiger partial charge in [-0.05, 0) is 71.8 Å². The third-order valence-electron chi connectivity index (χ3n) is 10.7. The highest BCUT2D eigenvalue weighted by atomic mass is 15.0. The van der Waals surface area contributed by atoms with Gasteiger partial charge >= 0.3 is 0 Å². The lowest BCUT2D eigenvalue weighted by atomic mass is 9.97. The first-order chi connectivity index (χ1) is 26.8. The Kier molecular flexibility index (Phi) is 6.82. The van der Waals surface area contributed by atoms with E-state index in [0.717, 1.165) is 61.3 Å². The highest BCUT2D eigenvalue weighted by Crippen LogP contribution is 2.40. The quantitative estimate of drug-likeness (QED) is 0.180. The second-order valence-electron chi connectivity index (χ2n) is 13.8. The van der Waals surface area contributed by atoms with Crippen LogP contribution in [0.15, 0.2) is 194 Å². The standard InChI is InChI=1S/C50H32N4/c1-3-15-33(16-4-1)42-31-35(27-29-40(42)50-51-44-23-11-7-22-41(44)49(52-50)34-17-5-2-6-18-34)54-47-26-14-10-21-39(47)43-32-36(28-30-48(43)54)53-45-24-12-8-19-37(45)38-20-9-13-25-46(38)53/h1-32H. The van der Waals surface area contributed by atoms with Crippen LogP contribution in [0.3, 0.4) is 0 Å². The smallest absolute Gasteiger partial charge is 0.161 e. The summed E-state index contributed by atoms with van der Waals surface area (Å²) in [6, 6.07) is 69.0. The second-order valence-corrected chi connectivity index (χ2v) is 13.8. The zero-order valence-corrected chi connectivity index (χ0v) is 29.3. The van der Waals surface area contributed by atoms with Crippen molar-refractivity contribution < 1.29 is 0 Å². The third kappa shape index (κ3) is 4.70. The molecule has 0 atom stereocenters. The zero-order valence-electron chi connectivity index (χ0n) is 29.3. The molecule has 3 heterocycles. The highest BCUT2D eigenvalue weighted by molar-refractivity contribution is 6.12. The second kappa shape index (κ2) is 12.1. The molecule has 0 bridgehead atoms. The van der Waals surface area contributed by atoms with Crippen LogP contribution in [-0.4, -0.2) is 19.1 Å². The van der Waals surface area contributed by atoms with Crippen LogP contribution in [0.2, 0.25) is 0 Å². The minimum atomic E-state index is 0.705. The molecule has 0 aliphatic carbocycles. The van der Waals surface area contributed by atoms with E-state index in [1.807, 2.05) is 12.1 Å². The minimum Gasteiger partial charge on any atom is -0.309 e. The molecule has 0 N–H and O–H groups in total. The molecule has 11 aromatic rings. The third-order valence-corrected chi connectivity index (χ3v) is 10.7. The van der Waals surface area contributed by atoms with Crippen LogP contribution in [0.1, 0.15) is 0 Å². The molecule has 252 valence electrons. The molecule has 8 aromatic carbocycles. The average Bonchev–Trinajstić information content (AvgIpc) is 3.76. The predicted molar refractivity (Wildman–Crippen MR) is 225 cm³/mol. The normalized spacial score (nSPS) is 11.7. The Labute approximate surface area is 311 Å². The molecular weight excluding hydrogens is 657 g/mol. The van der Waals surface area contributed by atoms with Gasteiger partial charge in [0.05, 0.1) is 33.3 Å². The number of hydrogen-bond acceptors (Lipinski definition) is 2. The first-order valence-electron chi connectivity index (χ1n) is 18.3. The summed E-state index contributed by atoms with van der Waals surface area (Å²) in [4.78, 5) is 10.4. The molecule has 0 radical (unpaired) electrons. The van der Waals surface area contributed by atoms with Gasteiger partial charge in [0, 0.05) is 49.4 Å². The fourth-order valence-electron chi connectivity index (χ4n) is 8.31. The number of nitrogens with zero attached hydrogens (tertiary/aromatic N) is 4. The molecule has 54 heavy (non-hydrogen) atoms. The Bertz CT molecular complexity index is 3160. The van der Waals surface area contributed by atoms with Crippen molar-refractivity contribution in [1.82, 2.24) is 19.1 Å². The number of rotatable bonds is 5. The summed E-state index contributed by atoms with van der Waals surface area (Å²) in [5, 5.41) is 5.98. The van der Waals surface area contributed by atoms with Crippen molar-refractivity contribution in [1.29, 1.82) is 0 Å². The summed E-state index contributed by atoms with van der Waals surface area (Å²) in [5.74, 6) is 0.705. The largest absolute Gasteiger partial charge is 0.309 e. The van der Waals surface area contributed by atoms with Crippen molar-refractivity contribution in [3.05, 3.63) is 194 Å². The summed E-state index contributed by atoms with van der Waals surface area (Å²) in [5.41, 5.74) is 13.1. The summed E-state index contributed by atoms with van der Waals surface area (Å²) in [7, 11) is 0. The van der Waals surface area contributed by atoms with E-state index in [1.165, 1.54) is 32.6 Å². The maximum absolute atomic E-state index is 5.28. The van der Waals surface area contributed by atoms with Crippen molar-refractivity contribution in [2.45, 2.75) is 0 Å². The lowest BCUT2D eigenvalue weighted by Crippen LogP contribution is -1.99. The Morgan fingerprint density at radius 3 is 1.44 bits per heavy atom. The number of hydrogen-bond donors (Lipinski definition) is 0. The van der Waals surface area contributed by atoms with Crippen molar-refractivity contribution in [2.75, 3.05) is 0 Å². The Morgan fingerprint density at radius 2 is 0.796 bits per heavy atom. The SMILES string of the molecule is c1ccc(-c2cc(-n3c4ccccc4c4cc(-n5c6ccccc6c6ccccc65)ccc43)ccc2-c2nc(-c3ccccc3)c3ccccc3n2)cc1. The highest BCUT2D eigenvalue weighted by Gasteiger charge is 2.19. The van der Waals surface area contributed by atoms with E-state index in [9.17, 15) is 0 Å². The molecule has 4 nitrogen and oxygen atoms in total. The van der Waals surface area contributed by atoms with Crippen molar-refractivity contribution in [3.8, 4) is 45.1 Å². The molecule has 0 aliphatic heterocycles. The topological polar surface area (TPSA) is 35.6 Å². The monoisotopic (exact) mass is 688 g/mol. The Hall–Kier alpha value is -7.30. The van der Waals surface area contributed by atoms with E-state index in [4.69, 9.17) is 9.97 Å². The lowest BCUT2D eigenvalue weighted by Gasteiger charge is -2.16. The Balaban J connectivity index is 1.14. The summed E-state index contributed by atoms with van der Waals surface area (Å²) in [6.07, 6.45) is 0. The molecule has 0 fully saturated rings. The first-order valence-corrected chi connectivity index (χ1v) is 18.3. The maximum Gasteiger partial charge on any atom is 0.161 e. The van der Waals surface area contributed by atoms with Crippen molar-refractivity contribution in [3.63, 3.8) is 0 Å². The van der Waals surface area contributed by atoms with E-state index in [-0.39, 0.29) is 0 Å². The molecule has 0 spiro atoms. The van der Waals surface area contributed by atoms with Crippen molar-refractivity contribution >= 4 is 54.5 Å². The van der Waals surface area contributed by atoms with Crippen LogP contribution in [0.25, 0.3) is 99.7 Å². The molecule has 3 aromatic heterocycles. The van der Waals surface area contributed by atoms with E-state index in [2.05, 4.69) is 191 Å². The van der Waals surface area contributed by atoms with Gasteiger partial charge in [-0.15, -0.1) is 0 Å². The average molecular weight is 689 g/mol. The van der Waals surface area contributed by atoms with E-state index in [0.29, 0.717) is 5.82 Å². The van der Waals surface area contributed by atoms with Gasteiger partial charge in [0.25, 0.3) is 0 Å². The van der Waals surface area contributed by atoms with Crippen molar-refractivity contribution in [2.24, 2.45) is 0 Å². The summed E-state index contributed by atoms with van der Waals surface area (Å²) in [6.45, 7) is 0. The van der Waals surface area contributed by atoms with Gasteiger partial charge in [0.1, 0.15) is 0 Å². The molecule has 0 saturated carbocycles. The first kappa shape index (κ1) is 30.3. The van der Waals surface area contributed by atoms with Gasteiger partial charge in [-0.1, -0.05) is 133 Å². The van der Waals surface area contributed by atoms with E-state index >= 15 is 0 Å². The van der Waals surface area contributed by atoms with E-state index < -0.39 is 0 Å². The molecule has 0 amide bonds. The van der Waals surface area contributed by atoms with Crippen LogP contribution in [0, 0.1) is 0 Å². The summed E-state index contributed by atoms with van der Waals surface area (Å²) < 4.78 is 4.79. The van der Waals surface area contributed by atoms with Gasteiger partial charge < -0.3 is 9.13 Å². The fraction of sp³-hybridized carbons (Fsp3) is 0. The van der Waals surface area contributed by atoms with E-state index in [1.54, 1.807) is 0 Å². The number of fused-ring (bicyclic) bond motifs is 7. The predicted octanol–water partition coefficient (Wildman–Crippen LogP) is 12.8.